The first kappa shape index (κ1) is 10.1. The van der Waals surface area contributed by atoms with Crippen LogP contribution in [0.25, 0.3) is 0 Å². The molecule has 0 spiro atoms. The van der Waals surface area contributed by atoms with E-state index < -0.39 is 0 Å². The summed E-state index contributed by atoms with van der Waals surface area (Å²) >= 11 is 0. The molecule has 3 heteroatoms. The van der Waals surface area contributed by atoms with Gasteiger partial charge in [0.05, 0.1) is 6.42 Å². The molecule has 2 nitrogen and oxygen atoms in total. The number of hydrogen-bond donors (Lipinski definition) is 0. The highest BCUT2D eigenvalue weighted by Gasteiger charge is 2.17. The summed E-state index contributed by atoms with van der Waals surface area (Å²) in [6, 6.07) is 6.13. The average Bonchev–Trinajstić information content (AvgIpc) is 2.74. The number of likely N-dealkylation sites (tertiary alicyclic amines) is 1. The molecule has 0 saturated carbocycles. The maximum absolute atomic E-state index is 12.6. The number of benzene rings is 1. The number of halogens is 1. The summed E-state index contributed by atoms with van der Waals surface area (Å²) in [6.45, 7) is 1.75. The molecule has 0 N–H and O–H groups in total. The number of carbonyl (C=O) groups is 1. The molecule has 0 unspecified atom stereocenters. The van der Waals surface area contributed by atoms with Crippen LogP contribution in [0.2, 0.25) is 0 Å². The molecule has 1 amide bonds. The van der Waals surface area contributed by atoms with E-state index in [9.17, 15) is 9.18 Å². The van der Waals surface area contributed by atoms with Crippen molar-refractivity contribution in [2.24, 2.45) is 0 Å². The van der Waals surface area contributed by atoms with Crippen molar-refractivity contribution in [3.63, 3.8) is 0 Å². The number of hydrogen-bond acceptors (Lipinski definition) is 1. The summed E-state index contributed by atoms with van der Waals surface area (Å²) in [5, 5.41) is 0. The molecule has 0 bridgehead atoms. The minimum absolute atomic E-state index is 0.152. The summed E-state index contributed by atoms with van der Waals surface area (Å²) in [6.07, 6.45) is 2.60. The molecule has 1 aromatic rings. The van der Waals surface area contributed by atoms with Crippen molar-refractivity contribution in [1.29, 1.82) is 0 Å². The SMILES string of the molecule is O=[11C](Cc1ccc(F)cc1)N1CCCC1. The summed E-state index contributed by atoms with van der Waals surface area (Å²) in [5.41, 5.74) is 0.883. The third-order valence-electron chi connectivity index (χ3n) is 2.73. The van der Waals surface area contributed by atoms with Gasteiger partial charge >= 0.3 is 0 Å². The van der Waals surface area contributed by atoms with Gasteiger partial charge in [-0.1, -0.05) is 12.1 Å². The molecular formula is C12H14FNO. The van der Waals surface area contributed by atoms with Gasteiger partial charge in [0, 0.05) is 13.1 Å². The lowest BCUT2D eigenvalue weighted by Gasteiger charge is -2.14. The third kappa shape index (κ3) is 2.55. The van der Waals surface area contributed by atoms with E-state index in [1.807, 2.05) is 4.90 Å². The Bertz CT molecular complexity index is 341. The predicted octanol–water partition coefficient (Wildman–Crippen LogP) is 1.99. The van der Waals surface area contributed by atoms with E-state index in [0.29, 0.717) is 6.42 Å². The Morgan fingerprint density at radius 2 is 1.80 bits per heavy atom. The van der Waals surface area contributed by atoms with E-state index >= 15 is 0 Å². The van der Waals surface area contributed by atoms with Gasteiger partial charge in [-0.15, -0.1) is 0 Å². The van der Waals surface area contributed by atoms with Gasteiger partial charge in [-0.2, -0.15) is 0 Å². The first-order valence-corrected chi connectivity index (χ1v) is 5.28. The molecule has 0 aromatic heterocycles. The van der Waals surface area contributed by atoms with Gasteiger partial charge in [-0.3, -0.25) is 4.79 Å². The maximum atomic E-state index is 12.6. The van der Waals surface area contributed by atoms with E-state index in [2.05, 4.69) is 0 Å². The van der Waals surface area contributed by atoms with Crippen LogP contribution < -0.4 is 0 Å². The van der Waals surface area contributed by atoms with E-state index in [4.69, 9.17) is 0 Å². The molecule has 0 radical (unpaired) electrons. The summed E-state index contributed by atoms with van der Waals surface area (Å²) < 4.78 is 12.6. The molecule has 0 aliphatic carbocycles. The van der Waals surface area contributed by atoms with Crippen molar-refractivity contribution in [3.8, 4) is 0 Å². The second kappa shape index (κ2) is 4.43. The van der Waals surface area contributed by atoms with Crippen molar-refractivity contribution >= 4 is 5.91 Å². The van der Waals surface area contributed by atoms with Crippen LogP contribution in [0.5, 0.6) is 0 Å². The zero-order valence-electron chi connectivity index (χ0n) is 8.58. The van der Waals surface area contributed by atoms with Crippen molar-refractivity contribution in [1.82, 2.24) is 4.90 Å². The Hall–Kier alpha value is -1.38. The first-order chi connectivity index (χ1) is 7.25. The minimum Gasteiger partial charge on any atom is -0.342 e. The minimum atomic E-state index is -0.257. The molecule has 2 rings (SSSR count). The van der Waals surface area contributed by atoms with E-state index in [0.717, 1.165) is 31.5 Å². The number of carbonyl (C=O) groups excluding carboxylic acids is 1. The Balaban J connectivity index is 1.96. The highest BCUT2D eigenvalue weighted by Crippen LogP contribution is 2.11. The van der Waals surface area contributed by atoms with Crippen LogP contribution >= 0.6 is 0 Å². The van der Waals surface area contributed by atoms with Crippen LogP contribution in [0.1, 0.15) is 18.4 Å². The van der Waals surface area contributed by atoms with Gasteiger partial charge < -0.3 is 4.90 Å². The van der Waals surface area contributed by atoms with Gasteiger partial charge in [0.2, 0.25) is 5.91 Å². The van der Waals surface area contributed by atoms with Crippen LogP contribution in [0.3, 0.4) is 0 Å². The molecule has 80 valence electrons. The number of nitrogens with zero attached hydrogens (tertiary/aromatic N) is 1. The second-order valence-electron chi connectivity index (χ2n) is 3.89. The summed E-state index contributed by atoms with van der Waals surface area (Å²) in [4.78, 5) is 13.6. The molecule has 1 saturated heterocycles. The molecule has 1 aromatic carbocycles. The molecule has 15 heavy (non-hydrogen) atoms. The van der Waals surface area contributed by atoms with Crippen LogP contribution in [0.15, 0.2) is 24.3 Å². The summed E-state index contributed by atoms with van der Waals surface area (Å²) in [7, 11) is 0. The molecule has 0 atom stereocenters. The smallest absolute Gasteiger partial charge is 0.226 e. The van der Waals surface area contributed by atoms with Gasteiger partial charge in [-0.25, -0.2) is 4.39 Å². The van der Waals surface area contributed by atoms with Crippen LogP contribution in [0.4, 0.5) is 4.39 Å². The maximum Gasteiger partial charge on any atom is 0.226 e. The van der Waals surface area contributed by atoms with Crippen LogP contribution in [-0.2, 0) is 11.2 Å². The van der Waals surface area contributed by atoms with Gasteiger partial charge in [-0.05, 0) is 30.5 Å². The van der Waals surface area contributed by atoms with Crippen molar-refractivity contribution in [2.45, 2.75) is 19.3 Å². The lowest BCUT2D eigenvalue weighted by Crippen LogP contribution is -2.29. The fraction of sp³-hybridized carbons (Fsp3) is 0.417. The fourth-order valence-corrected chi connectivity index (χ4v) is 1.86. The Morgan fingerprint density at radius 1 is 1.20 bits per heavy atom. The topological polar surface area (TPSA) is 20.3 Å². The Labute approximate surface area is 88.7 Å². The number of rotatable bonds is 2. The second-order valence-corrected chi connectivity index (χ2v) is 3.89. The predicted molar refractivity (Wildman–Crippen MR) is 55.9 cm³/mol. The van der Waals surface area contributed by atoms with E-state index in [1.54, 1.807) is 12.1 Å². The molecular weight excluding hydrogens is 192 g/mol. The largest absolute Gasteiger partial charge is 0.342 e. The van der Waals surface area contributed by atoms with Crippen molar-refractivity contribution < 1.29 is 9.18 Å². The zero-order chi connectivity index (χ0) is 10.7. The fourth-order valence-electron chi connectivity index (χ4n) is 1.86. The van der Waals surface area contributed by atoms with E-state index in [-0.39, 0.29) is 11.7 Å². The standard InChI is InChI=1S/C12H14FNO/c13-11-5-3-10(4-6-11)9-12(15)14-7-1-2-8-14/h3-6H,1-2,7-9H2/i12-1. The normalized spacial score (nSPS) is 15.7. The van der Waals surface area contributed by atoms with Crippen molar-refractivity contribution in [3.05, 3.63) is 35.6 Å². The van der Waals surface area contributed by atoms with Crippen LogP contribution in [0, 0.1) is 5.82 Å². The van der Waals surface area contributed by atoms with Crippen molar-refractivity contribution in [2.75, 3.05) is 13.1 Å². The highest BCUT2D eigenvalue weighted by atomic mass is 19.1. The highest BCUT2D eigenvalue weighted by molar-refractivity contribution is 5.78. The first-order valence-electron chi connectivity index (χ1n) is 5.28. The van der Waals surface area contributed by atoms with Crippen LogP contribution in [-0.4, -0.2) is 23.9 Å². The van der Waals surface area contributed by atoms with Gasteiger partial charge in [0.25, 0.3) is 0 Å². The van der Waals surface area contributed by atoms with E-state index in [1.165, 1.54) is 12.1 Å². The number of amides is 1. The molecule has 1 fully saturated rings. The quantitative estimate of drug-likeness (QED) is 0.724. The monoisotopic (exact) mass is 206 g/mol. The zero-order valence-corrected chi connectivity index (χ0v) is 8.58. The van der Waals surface area contributed by atoms with Gasteiger partial charge in [0.15, 0.2) is 0 Å². The molecule has 1 heterocycles. The average molecular weight is 206 g/mol. The Morgan fingerprint density at radius 3 is 2.40 bits per heavy atom. The van der Waals surface area contributed by atoms with Gasteiger partial charge in [0.1, 0.15) is 5.82 Å². The molecule has 1 aliphatic heterocycles. The summed E-state index contributed by atoms with van der Waals surface area (Å²) in [5.74, 6) is -0.105. The third-order valence-corrected chi connectivity index (χ3v) is 2.73. The lowest BCUT2D eigenvalue weighted by molar-refractivity contribution is -0.129. The lowest BCUT2D eigenvalue weighted by atomic mass is 9.88. The molecule has 1 aliphatic rings. The Kier molecular flexibility index (Phi) is 2.99.